The van der Waals surface area contributed by atoms with Crippen molar-refractivity contribution in [1.82, 2.24) is 10.2 Å². The molecule has 112 valence electrons. The fourth-order valence-electron chi connectivity index (χ4n) is 1.55. The number of nitrogens with one attached hydrogen (secondary N) is 1. The van der Waals surface area contributed by atoms with E-state index in [1.807, 2.05) is 0 Å². The number of nitrogens with zero attached hydrogens (tertiary/aromatic N) is 2. The molecular formula is C13H10F5N3. The number of benzene rings is 1. The number of aromatic nitrogens is 2. The zero-order valence-electron chi connectivity index (χ0n) is 10.5. The third-order valence-corrected chi connectivity index (χ3v) is 2.66. The van der Waals surface area contributed by atoms with Gasteiger partial charge in [-0.25, -0.2) is 8.78 Å². The lowest BCUT2D eigenvalue weighted by Gasteiger charge is -2.08. The molecule has 0 saturated carbocycles. The number of hydrogen-bond donors (Lipinski definition) is 1. The normalized spacial score (nSPS) is 11.7. The fourth-order valence-corrected chi connectivity index (χ4v) is 1.55. The molecule has 0 bridgehead atoms. The van der Waals surface area contributed by atoms with Gasteiger partial charge in [-0.2, -0.15) is 13.2 Å². The lowest BCUT2D eigenvalue weighted by atomic mass is 10.1. The Balaban J connectivity index is 1.96. The van der Waals surface area contributed by atoms with Crippen LogP contribution in [0.2, 0.25) is 0 Å². The molecule has 0 unspecified atom stereocenters. The van der Waals surface area contributed by atoms with Crippen LogP contribution >= 0.6 is 0 Å². The summed E-state index contributed by atoms with van der Waals surface area (Å²) in [7, 11) is 0. The molecule has 1 aromatic carbocycles. The van der Waals surface area contributed by atoms with E-state index in [4.69, 9.17) is 0 Å². The van der Waals surface area contributed by atoms with Crippen molar-refractivity contribution in [1.29, 1.82) is 0 Å². The van der Waals surface area contributed by atoms with Gasteiger partial charge in [0.1, 0.15) is 5.82 Å². The van der Waals surface area contributed by atoms with Gasteiger partial charge in [-0.05, 0) is 17.7 Å². The van der Waals surface area contributed by atoms with Crippen LogP contribution < -0.4 is 5.32 Å². The minimum atomic E-state index is -4.53. The van der Waals surface area contributed by atoms with E-state index in [1.54, 1.807) is 0 Å². The van der Waals surface area contributed by atoms with E-state index >= 15 is 0 Å². The maximum Gasteiger partial charge on any atom is 0.435 e. The quantitative estimate of drug-likeness (QED) is 0.866. The summed E-state index contributed by atoms with van der Waals surface area (Å²) in [6.07, 6.45) is -7.07. The van der Waals surface area contributed by atoms with Crippen LogP contribution in [0.5, 0.6) is 0 Å². The van der Waals surface area contributed by atoms with Gasteiger partial charge in [0.25, 0.3) is 6.43 Å². The second kappa shape index (κ2) is 6.02. The molecule has 0 atom stereocenters. The van der Waals surface area contributed by atoms with Crippen LogP contribution in [0.25, 0.3) is 0 Å². The Hall–Kier alpha value is -2.25. The Morgan fingerprint density at radius 2 is 1.62 bits per heavy atom. The van der Waals surface area contributed by atoms with Gasteiger partial charge in [0.2, 0.25) is 0 Å². The van der Waals surface area contributed by atoms with Crippen LogP contribution in [0.3, 0.4) is 0 Å². The lowest BCUT2D eigenvalue weighted by molar-refractivity contribution is -0.141. The highest BCUT2D eigenvalue weighted by Gasteiger charge is 2.32. The monoisotopic (exact) mass is 303 g/mol. The molecule has 1 N–H and O–H groups in total. The second-order valence-corrected chi connectivity index (χ2v) is 4.20. The van der Waals surface area contributed by atoms with Crippen molar-refractivity contribution >= 4 is 5.82 Å². The van der Waals surface area contributed by atoms with E-state index in [-0.39, 0.29) is 17.9 Å². The van der Waals surface area contributed by atoms with Crippen molar-refractivity contribution in [3.8, 4) is 0 Å². The minimum absolute atomic E-state index is 0.0897. The van der Waals surface area contributed by atoms with Gasteiger partial charge in [-0.15, -0.1) is 10.2 Å². The molecule has 21 heavy (non-hydrogen) atoms. The summed E-state index contributed by atoms with van der Waals surface area (Å²) in [5, 5.41) is 9.23. The summed E-state index contributed by atoms with van der Waals surface area (Å²) in [6.45, 7) is 0.240. The van der Waals surface area contributed by atoms with Gasteiger partial charge in [0.15, 0.2) is 5.69 Å². The third kappa shape index (κ3) is 4.11. The molecular weight excluding hydrogens is 293 g/mol. The molecule has 2 aromatic rings. The molecule has 0 aliphatic heterocycles. The Bertz CT molecular complexity index is 578. The van der Waals surface area contributed by atoms with Crippen LogP contribution in [0, 0.1) is 0 Å². The van der Waals surface area contributed by atoms with Crippen LogP contribution in [-0.4, -0.2) is 10.2 Å². The molecule has 2 rings (SSSR count). The van der Waals surface area contributed by atoms with Crippen molar-refractivity contribution in [2.45, 2.75) is 19.1 Å². The standard InChI is InChI=1S/C13H10F5N3/c14-12(15)9-3-1-8(2-4-9)7-19-11-6-5-10(20-21-11)13(16,17)18/h1-6,12H,7H2,(H,19,21). The van der Waals surface area contributed by atoms with Crippen molar-refractivity contribution in [2.75, 3.05) is 5.32 Å². The van der Waals surface area contributed by atoms with Crippen molar-refractivity contribution in [2.24, 2.45) is 0 Å². The van der Waals surface area contributed by atoms with Crippen LogP contribution in [0.1, 0.15) is 23.2 Å². The van der Waals surface area contributed by atoms with Crippen molar-refractivity contribution in [3.63, 3.8) is 0 Å². The predicted molar refractivity (Wildman–Crippen MR) is 65.8 cm³/mol. The number of alkyl halides is 5. The van der Waals surface area contributed by atoms with Crippen LogP contribution in [-0.2, 0) is 12.7 Å². The Labute approximate surface area is 116 Å². The second-order valence-electron chi connectivity index (χ2n) is 4.20. The first kappa shape index (κ1) is 15.1. The molecule has 3 nitrogen and oxygen atoms in total. The van der Waals surface area contributed by atoms with Gasteiger partial charge in [-0.3, -0.25) is 0 Å². The molecule has 0 aliphatic carbocycles. The number of halogens is 5. The number of hydrogen-bond acceptors (Lipinski definition) is 3. The molecule has 1 aromatic heterocycles. The first-order valence-electron chi connectivity index (χ1n) is 5.88. The van der Waals surface area contributed by atoms with Crippen LogP contribution in [0.15, 0.2) is 36.4 Å². The summed E-state index contributed by atoms with van der Waals surface area (Å²) in [4.78, 5) is 0. The average Bonchev–Trinajstić information content (AvgIpc) is 2.45. The highest BCUT2D eigenvalue weighted by Crippen LogP contribution is 2.27. The maximum absolute atomic E-state index is 12.4. The zero-order chi connectivity index (χ0) is 15.5. The lowest BCUT2D eigenvalue weighted by Crippen LogP contribution is -2.10. The van der Waals surface area contributed by atoms with E-state index in [0.717, 1.165) is 12.1 Å². The Morgan fingerprint density at radius 3 is 2.10 bits per heavy atom. The number of anilines is 1. The Kier molecular flexibility index (Phi) is 4.35. The van der Waals surface area contributed by atoms with Gasteiger partial charge in [0, 0.05) is 12.1 Å². The van der Waals surface area contributed by atoms with Gasteiger partial charge in [0.05, 0.1) is 0 Å². The maximum atomic E-state index is 12.4. The number of rotatable bonds is 4. The first-order chi connectivity index (χ1) is 9.86. The molecule has 0 aliphatic rings. The molecule has 0 saturated heterocycles. The van der Waals surface area contributed by atoms with E-state index in [1.165, 1.54) is 24.3 Å². The van der Waals surface area contributed by atoms with Gasteiger partial charge >= 0.3 is 6.18 Å². The minimum Gasteiger partial charge on any atom is -0.365 e. The molecule has 0 fully saturated rings. The molecule has 0 spiro atoms. The van der Waals surface area contributed by atoms with E-state index < -0.39 is 18.3 Å². The third-order valence-electron chi connectivity index (χ3n) is 2.66. The highest BCUT2D eigenvalue weighted by atomic mass is 19.4. The van der Waals surface area contributed by atoms with Crippen molar-refractivity contribution in [3.05, 3.63) is 53.2 Å². The average molecular weight is 303 g/mol. The van der Waals surface area contributed by atoms with Gasteiger partial charge in [-0.1, -0.05) is 24.3 Å². The summed E-state index contributed by atoms with van der Waals surface area (Å²) < 4.78 is 61.6. The van der Waals surface area contributed by atoms with Crippen LogP contribution in [0.4, 0.5) is 27.8 Å². The topological polar surface area (TPSA) is 37.8 Å². The molecule has 0 radical (unpaired) electrons. The van der Waals surface area contributed by atoms with Gasteiger partial charge < -0.3 is 5.32 Å². The fraction of sp³-hybridized carbons (Fsp3) is 0.231. The van der Waals surface area contributed by atoms with Crippen molar-refractivity contribution < 1.29 is 22.0 Å². The molecule has 8 heteroatoms. The Morgan fingerprint density at radius 1 is 0.952 bits per heavy atom. The molecule has 1 heterocycles. The first-order valence-corrected chi connectivity index (χ1v) is 5.88. The summed E-state index contributed by atoms with van der Waals surface area (Å²) in [6, 6.07) is 7.57. The predicted octanol–water partition coefficient (Wildman–Crippen LogP) is 4.05. The van der Waals surface area contributed by atoms with E-state index in [2.05, 4.69) is 15.5 Å². The smallest absolute Gasteiger partial charge is 0.365 e. The van der Waals surface area contributed by atoms with E-state index in [9.17, 15) is 22.0 Å². The zero-order valence-corrected chi connectivity index (χ0v) is 10.5. The highest BCUT2D eigenvalue weighted by molar-refractivity contribution is 5.35. The summed E-state index contributed by atoms with van der Waals surface area (Å²) >= 11 is 0. The summed E-state index contributed by atoms with van der Waals surface area (Å²) in [5.74, 6) is 0.168. The largest absolute Gasteiger partial charge is 0.435 e. The molecule has 0 amide bonds. The SMILES string of the molecule is FC(F)c1ccc(CNc2ccc(C(F)(F)F)nn2)cc1. The van der Waals surface area contributed by atoms with E-state index in [0.29, 0.717) is 5.56 Å². The summed E-state index contributed by atoms with van der Waals surface area (Å²) in [5.41, 5.74) is -0.469.